The molecule has 0 spiro atoms. The van der Waals surface area contributed by atoms with Gasteiger partial charge in [0.25, 0.3) is 5.91 Å². The molecule has 0 fully saturated rings. The monoisotopic (exact) mass is 342 g/mol. The molecule has 0 aliphatic rings. The van der Waals surface area contributed by atoms with E-state index in [1.807, 2.05) is 12.3 Å². The van der Waals surface area contributed by atoms with Crippen LogP contribution in [-0.2, 0) is 0 Å². The first-order valence-electron chi connectivity index (χ1n) is 5.97. The number of nitrogens with one attached hydrogen (secondary N) is 1. The zero-order valence-electron chi connectivity index (χ0n) is 11.2. The number of nitrogens with zero attached hydrogens (tertiary/aromatic N) is 2. The zero-order valence-corrected chi connectivity index (χ0v) is 13.7. The van der Waals surface area contributed by atoms with Crippen molar-refractivity contribution in [1.29, 1.82) is 0 Å². The Balaban J connectivity index is 1.84. The molecule has 0 radical (unpaired) electrons. The highest BCUT2D eigenvalue weighted by atomic mass is 32.2. The van der Waals surface area contributed by atoms with Crippen LogP contribution in [0.4, 0.5) is 0 Å². The van der Waals surface area contributed by atoms with Gasteiger partial charge in [-0.25, -0.2) is 5.84 Å². The van der Waals surface area contributed by atoms with E-state index in [0.717, 1.165) is 14.4 Å². The van der Waals surface area contributed by atoms with E-state index in [-0.39, 0.29) is 5.91 Å². The number of nitrogens with two attached hydrogens (primary N) is 1. The molecule has 0 atom stereocenters. The molecule has 1 heterocycles. The molecule has 0 bridgehead atoms. The normalized spacial score (nSPS) is 10.4. The molecule has 0 unspecified atom stereocenters. The Morgan fingerprint density at radius 3 is 2.86 bits per heavy atom. The topological polar surface area (TPSA) is 90.1 Å². The Hall–Kier alpha value is -1.29. The van der Waals surface area contributed by atoms with Gasteiger partial charge in [0.1, 0.15) is 5.75 Å². The molecule has 0 aliphatic carbocycles. The van der Waals surface area contributed by atoms with E-state index in [1.165, 1.54) is 0 Å². The van der Waals surface area contributed by atoms with Gasteiger partial charge in [0.15, 0.2) is 8.68 Å². The highest BCUT2D eigenvalue weighted by Crippen LogP contribution is 2.27. The van der Waals surface area contributed by atoms with Gasteiger partial charge in [-0.1, -0.05) is 47.0 Å². The average Bonchev–Trinajstić information content (AvgIpc) is 2.99. The largest absolute Gasteiger partial charge is 0.492 e. The van der Waals surface area contributed by atoms with E-state index in [4.69, 9.17) is 10.6 Å². The van der Waals surface area contributed by atoms with Gasteiger partial charge in [0.05, 0.1) is 12.2 Å². The molecule has 0 saturated heterocycles. The van der Waals surface area contributed by atoms with Gasteiger partial charge in [-0.2, -0.15) is 0 Å². The summed E-state index contributed by atoms with van der Waals surface area (Å²) >= 11 is 4.71. The van der Waals surface area contributed by atoms with Gasteiger partial charge in [-0.15, -0.1) is 10.2 Å². The highest BCUT2D eigenvalue weighted by Gasteiger charge is 2.10. The van der Waals surface area contributed by atoms with E-state index in [0.29, 0.717) is 17.9 Å². The standard InChI is InChI=1S/C12H14N4O2S3/c1-19-11-15-16-12(21-11)20-7-6-18-9-5-3-2-4-8(9)10(17)14-13/h2-5H,6-7,13H2,1H3,(H,14,17). The van der Waals surface area contributed by atoms with E-state index in [9.17, 15) is 4.79 Å². The van der Waals surface area contributed by atoms with Crippen LogP contribution in [-0.4, -0.2) is 34.7 Å². The second-order valence-electron chi connectivity index (χ2n) is 3.70. The molecule has 2 rings (SSSR count). The summed E-state index contributed by atoms with van der Waals surface area (Å²) < 4.78 is 7.49. The lowest BCUT2D eigenvalue weighted by Crippen LogP contribution is -2.30. The Morgan fingerprint density at radius 2 is 2.14 bits per heavy atom. The fraction of sp³-hybridized carbons (Fsp3) is 0.250. The fourth-order valence-electron chi connectivity index (χ4n) is 1.48. The third kappa shape index (κ3) is 4.60. The SMILES string of the molecule is CSc1nnc(SCCOc2ccccc2C(=O)NN)s1. The van der Waals surface area contributed by atoms with Gasteiger partial charge in [0.2, 0.25) is 0 Å². The molecule has 112 valence electrons. The number of carbonyl (C=O) groups is 1. The van der Waals surface area contributed by atoms with E-state index in [2.05, 4.69) is 15.6 Å². The summed E-state index contributed by atoms with van der Waals surface area (Å²) in [5.74, 6) is 6.02. The Morgan fingerprint density at radius 1 is 1.38 bits per heavy atom. The average molecular weight is 342 g/mol. The van der Waals surface area contributed by atoms with E-state index in [1.54, 1.807) is 53.1 Å². The van der Waals surface area contributed by atoms with Crippen molar-refractivity contribution in [3.05, 3.63) is 29.8 Å². The third-order valence-corrected chi connectivity index (χ3v) is 5.39. The second-order valence-corrected chi connectivity index (χ2v) is 7.08. The summed E-state index contributed by atoms with van der Waals surface area (Å²) in [4.78, 5) is 11.6. The zero-order chi connectivity index (χ0) is 15.1. The predicted molar refractivity (Wildman–Crippen MR) is 86.0 cm³/mol. The first-order valence-corrected chi connectivity index (χ1v) is 9.00. The number of para-hydroxylation sites is 1. The van der Waals surface area contributed by atoms with Crippen LogP contribution < -0.4 is 16.0 Å². The van der Waals surface area contributed by atoms with Crippen LogP contribution in [0.15, 0.2) is 32.9 Å². The molecule has 21 heavy (non-hydrogen) atoms. The van der Waals surface area contributed by atoms with Crippen molar-refractivity contribution in [2.75, 3.05) is 18.6 Å². The predicted octanol–water partition coefficient (Wildman–Crippen LogP) is 2.03. The molecule has 0 aliphatic heterocycles. The summed E-state index contributed by atoms with van der Waals surface area (Å²) in [6.45, 7) is 0.466. The number of amides is 1. The van der Waals surface area contributed by atoms with Gasteiger partial charge < -0.3 is 4.74 Å². The van der Waals surface area contributed by atoms with Crippen LogP contribution in [0.1, 0.15) is 10.4 Å². The maximum Gasteiger partial charge on any atom is 0.268 e. The van der Waals surface area contributed by atoms with Crippen molar-refractivity contribution < 1.29 is 9.53 Å². The van der Waals surface area contributed by atoms with Gasteiger partial charge in [-0.05, 0) is 18.4 Å². The Kier molecular flexibility index (Phi) is 6.30. The first-order chi connectivity index (χ1) is 10.2. The fourth-order valence-corrected chi connectivity index (χ4v) is 3.80. The van der Waals surface area contributed by atoms with Crippen LogP contribution in [0.25, 0.3) is 0 Å². The number of benzene rings is 1. The van der Waals surface area contributed by atoms with Gasteiger partial charge in [0, 0.05) is 5.75 Å². The molecular formula is C12H14N4O2S3. The van der Waals surface area contributed by atoms with E-state index < -0.39 is 0 Å². The van der Waals surface area contributed by atoms with Crippen molar-refractivity contribution in [2.45, 2.75) is 8.68 Å². The van der Waals surface area contributed by atoms with Crippen molar-refractivity contribution in [3.8, 4) is 5.75 Å². The number of rotatable bonds is 7. The summed E-state index contributed by atoms with van der Waals surface area (Å²) in [7, 11) is 0. The minimum atomic E-state index is -0.369. The molecule has 1 aromatic carbocycles. The Bertz CT molecular complexity index is 606. The number of hydrazine groups is 1. The maximum absolute atomic E-state index is 11.6. The lowest BCUT2D eigenvalue weighted by molar-refractivity contribution is 0.0950. The van der Waals surface area contributed by atoms with Crippen molar-refractivity contribution >= 4 is 40.8 Å². The van der Waals surface area contributed by atoms with Crippen LogP contribution in [0.3, 0.4) is 0 Å². The number of aromatic nitrogens is 2. The third-order valence-electron chi connectivity index (χ3n) is 2.39. The van der Waals surface area contributed by atoms with Crippen molar-refractivity contribution in [3.63, 3.8) is 0 Å². The van der Waals surface area contributed by atoms with Crippen LogP contribution in [0.5, 0.6) is 5.75 Å². The van der Waals surface area contributed by atoms with Crippen molar-refractivity contribution in [1.82, 2.24) is 15.6 Å². The number of ether oxygens (including phenoxy) is 1. The molecule has 6 nitrogen and oxygen atoms in total. The summed E-state index contributed by atoms with van der Waals surface area (Å²) in [5.41, 5.74) is 2.53. The number of nitrogen functional groups attached to an aromatic ring is 1. The van der Waals surface area contributed by atoms with Crippen molar-refractivity contribution in [2.24, 2.45) is 5.84 Å². The molecule has 9 heteroatoms. The minimum absolute atomic E-state index is 0.369. The van der Waals surface area contributed by atoms with Gasteiger partial charge in [-0.3, -0.25) is 10.2 Å². The number of thioether (sulfide) groups is 2. The maximum atomic E-state index is 11.6. The van der Waals surface area contributed by atoms with Crippen LogP contribution in [0, 0.1) is 0 Å². The van der Waals surface area contributed by atoms with Crippen LogP contribution >= 0.6 is 34.9 Å². The molecule has 0 saturated carbocycles. The number of carbonyl (C=O) groups excluding carboxylic acids is 1. The molecule has 3 N–H and O–H groups in total. The molecule has 1 aromatic heterocycles. The smallest absolute Gasteiger partial charge is 0.268 e. The molecule has 1 amide bonds. The summed E-state index contributed by atoms with van der Waals surface area (Å²) in [6, 6.07) is 6.98. The minimum Gasteiger partial charge on any atom is -0.492 e. The number of hydrogen-bond donors (Lipinski definition) is 2. The van der Waals surface area contributed by atoms with E-state index >= 15 is 0 Å². The lowest BCUT2D eigenvalue weighted by Gasteiger charge is -2.09. The molecular weight excluding hydrogens is 328 g/mol. The first kappa shape index (κ1) is 16.1. The Labute approximate surface area is 134 Å². The molecule has 2 aromatic rings. The quantitative estimate of drug-likeness (QED) is 0.262. The number of hydrogen-bond acceptors (Lipinski definition) is 8. The summed E-state index contributed by atoms with van der Waals surface area (Å²) in [6.07, 6.45) is 1.97. The second kappa shape index (κ2) is 8.23. The lowest BCUT2D eigenvalue weighted by atomic mass is 10.2. The van der Waals surface area contributed by atoms with Crippen LogP contribution in [0.2, 0.25) is 0 Å². The summed E-state index contributed by atoms with van der Waals surface area (Å²) in [5, 5.41) is 8.09. The van der Waals surface area contributed by atoms with Gasteiger partial charge >= 0.3 is 0 Å². The highest BCUT2D eigenvalue weighted by molar-refractivity contribution is 8.02.